The number of aromatic carboxylic acids is 1. The summed E-state index contributed by atoms with van der Waals surface area (Å²) in [6.45, 7) is 1.77. The predicted molar refractivity (Wildman–Crippen MR) is 97.9 cm³/mol. The lowest BCUT2D eigenvalue weighted by molar-refractivity contribution is -0.122. The van der Waals surface area contributed by atoms with Crippen LogP contribution in [0.3, 0.4) is 0 Å². The summed E-state index contributed by atoms with van der Waals surface area (Å²) < 4.78 is 6.85. The number of carbonyl (C=O) groups is 2. The molecule has 11 heteroatoms. The predicted octanol–water partition coefficient (Wildman–Crippen LogP) is -0.807. The molecule has 0 saturated carbocycles. The number of para-hydroxylation sites is 1. The Morgan fingerprint density at radius 1 is 1.43 bits per heavy atom. The van der Waals surface area contributed by atoms with Crippen molar-refractivity contribution < 1.29 is 24.4 Å². The van der Waals surface area contributed by atoms with Crippen LogP contribution in [0.5, 0.6) is 5.75 Å². The fourth-order valence-electron chi connectivity index (χ4n) is 3.60. The van der Waals surface area contributed by atoms with E-state index in [9.17, 15) is 19.7 Å². The van der Waals surface area contributed by atoms with Gasteiger partial charge < -0.3 is 25.4 Å². The van der Waals surface area contributed by atoms with Gasteiger partial charge in [-0.3, -0.25) is 4.79 Å². The van der Waals surface area contributed by atoms with E-state index in [4.69, 9.17) is 4.65 Å². The Balaban J connectivity index is 1.39. The maximum atomic E-state index is 12.4. The number of carbonyl (C=O) groups excluding carboxylic acids is 1. The number of aromatic nitrogens is 3. The average molecular weight is 385 g/mol. The number of carboxylic acid groups (broad SMARTS) is 1. The van der Waals surface area contributed by atoms with Crippen LogP contribution in [-0.4, -0.2) is 63.2 Å². The lowest BCUT2D eigenvalue weighted by Gasteiger charge is -2.28. The first kappa shape index (κ1) is 18.4. The van der Waals surface area contributed by atoms with E-state index in [0.29, 0.717) is 11.5 Å². The van der Waals surface area contributed by atoms with E-state index >= 15 is 0 Å². The lowest BCUT2D eigenvalue weighted by Crippen LogP contribution is -2.53. The van der Waals surface area contributed by atoms with Crippen molar-refractivity contribution in [3.8, 4) is 5.75 Å². The zero-order valence-electron chi connectivity index (χ0n) is 15.0. The van der Waals surface area contributed by atoms with E-state index in [1.165, 1.54) is 10.7 Å². The van der Waals surface area contributed by atoms with E-state index in [-0.39, 0.29) is 30.2 Å². The minimum absolute atomic E-state index is 0.0159. The molecule has 0 radical (unpaired) electrons. The highest BCUT2D eigenvalue weighted by Crippen LogP contribution is 2.30. The molecular weight excluding hydrogens is 365 g/mol. The number of hydrogen-bond donors (Lipinski definition) is 4. The van der Waals surface area contributed by atoms with Gasteiger partial charge in [-0.05, 0) is 31.0 Å². The summed E-state index contributed by atoms with van der Waals surface area (Å²) in [5.74, 6) is -1.71. The van der Waals surface area contributed by atoms with Crippen LogP contribution in [0.25, 0.3) is 0 Å². The van der Waals surface area contributed by atoms with Crippen molar-refractivity contribution in [1.29, 1.82) is 0 Å². The Kier molecular flexibility index (Phi) is 5.01. The molecule has 4 rings (SSSR count). The summed E-state index contributed by atoms with van der Waals surface area (Å²) >= 11 is 0. The Morgan fingerprint density at radius 3 is 3.04 bits per heavy atom. The molecule has 2 aromatic rings. The van der Waals surface area contributed by atoms with Crippen LogP contribution in [0.4, 0.5) is 0 Å². The molecule has 1 aromatic heterocycles. The largest absolute Gasteiger partial charge is 0.547 e. The van der Waals surface area contributed by atoms with Gasteiger partial charge in [-0.25, -0.2) is 9.48 Å². The number of nitrogens with zero attached hydrogens (tertiary/aromatic N) is 3. The van der Waals surface area contributed by atoms with Gasteiger partial charge in [0.05, 0.1) is 17.2 Å². The van der Waals surface area contributed by atoms with Gasteiger partial charge in [0.1, 0.15) is 12.3 Å². The molecule has 0 spiro atoms. The van der Waals surface area contributed by atoms with Crippen molar-refractivity contribution >= 4 is 19.0 Å². The summed E-state index contributed by atoms with van der Waals surface area (Å²) in [6.07, 6.45) is 3.02. The first-order valence-electron chi connectivity index (χ1n) is 9.11. The number of carboxylic acids is 1. The second kappa shape index (κ2) is 7.60. The molecule has 1 aromatic carbocycles. The van der Waals surface area contributed by atoms with E-state index < -0.39 is 19.0 Å². The van der Waals surface area contributed by atoms with Gasteiger partial charge in [0.2, 0.25) is 5.91 Å². The van der Waals surface area contributed by atoms with Crippen molar-refractivity contribution in [2.45, 2.75) is 31.2 Å². The van der Waals surface area contributed by atoms with Crippen LogP contribution in [0.1, 0.15) is 34.0 Å². The lowest BCUT2D eigenvalue weighted by atomic mass is 9.72. The highest BCUT2D eigenvalue weighted by molar-refractivity contribution is 6.47. The van der Waals surface area contributed by atoms with Gasteiger partial charge in [0.15, 0.2) is 0 Å². The van der Waals surface area contributed by atoms with Crippen molar-refractivity contribution in [3.63, 3.8) is 0 Å². The number of hydrogen-bond acceptors (Lipinski definition) is 7. The van der Waals surface area contributed by atoms with Gasteiger partial charge in [-0.15, -0.1) is 5.10 Å². The van der Waals surface area contributed by atoms with Crippen LogP contribution in [0.15, 0.2) is 24.4 Å². The standard InChI is InChI=1S/C17H20BN5O5/c24-15(9-23-8-13(21-22-23)11-4-5-19-7-11)20-14-6-10-2-1-3-12(17(25)26)16(10)28-18(14)27/h1-3,8,11,14,19,27H,4-7,9H2,(H,20,24)(H,25,26)/t11?,14-/m0/s1. The summed E-state index contributed by atoms with van der Waals surface area (Å²) in [4.78, 5) is 23.7. The molecule has 1 amide bonds. The van der Waals surface area contributed by atoms with E-state index in [1.54, 1.807) is 18.3 Å². The first-order chi connectivity index (χ1) is 13.5. The molecule has 4 N–H and O–H groups in total. The van der Waals surface area contributed by atoms with E-state index in [2.05, 4.69) is 20.9 Å². The second-order valence-electron chi connectivity index (χ2n) is 7.02. The molecule has 1 saturated heterocycles. The molecule has 28 heavy (non-hydrogen) atoms. The summed E-state index contributed by atoms with van der Waals surface area (Å²) in [7, 11) is -1.34. The quantitative estimate of drug-likeness (QED) is 0.491. The number of nitrogens with one attached hydrogen (secondary N) is 2. The maximum Gasteiger partial charge on any atom is 0.547 e. The summed E-state index contributed by atoms with van der Waals surface area (Å²) in [5, 5.41) is 33.6. The molecule has 3 heterocycles. The van der Waals surface area contributed by atoms with Crippen LogP contribution in [0.2, 0.25) is 0 Å². The molecule has 0 bridgehead atoms. The fraction of sp³-hybridized carbons (Fsp3) is 0.412. The number of fused-ring (bicyclic) bond motifs is 1. The van der Waals surface area contributed by atoms with Gasteiger partial charge in [0.25, 0.3) is 0 Å². The smallest absolute Gasteiger partial charge is 0.534 e. The van der Waals surface area contributed by atoms with Crippen LogP contribution >= 0.6 is 0 Å². The van der Waals surface area contributed by atoms with Crippen molar-refractivity contribution in [1.82, 2.24) is 25.6 Å². The molecule has 1 fully saturated rings. The third kappa shape index (κ3) is 3.71. The van der Waals surface area contributed by atoms with E-state index in [0.717, 1.165) is 25.2 Å². The Hall–Kier alpha value is -2.92. The Morgan fingerprint density at radius 2 is 2.29 bits per heavy atom. The molecule has 2 aliphatic rings. The van der Waals surface area contributed by atoms with Gasteiger partial charge in [-0.2, -0.15) is 0 Å². The van der Waals surface area contributed by atoms with Crippen molar-refractivity contribution in [2.75, 3.05) is 13.1 Å². The minimum Gasteiger partial charge on any atom is -0.534 e. The third-order valence-electron chi connectivity index (χ3n) is 5.04. The van der Waals surface area contributed by atoms with Crippen molar-refractivity contribution in [2.24, 2.45) is 0 Å². The molecule has 0 aliphatic carbocycles. The van der Waals surface area contributed by atoms with Crippen molar-refractivity contribution in [3.05, 3.63) is 41.2 Å². The topological polar surface area (TPSA) is 139 Å². The molecule has 2 atom stereocenters. The summed E-state index contributed by atoms with van der Waals surface area (Å²) in [5.41, 5.74) is 1.46. The fourth-order valence-corrected chi connectivity index (χ4v) is 3.60. The monoisotopic (exact) mass is 385 g/mol. The molecular formula is C17H20BN5O5. The van der Waals surface area contributed by atoms with E-state index in [1.807, 2.05) is 0 Å². The zero-order chi connectivity index (χ0) is 19.7. The molecule has 146 valence electrons. The zero-order valence-corrected chi connectivity index (χ0v) is 15.0. The SMILES string of the molecule is O=C(Cn1cc(C2CCNC2)nn1)N[C@H]1Cc2cccc(C(=O)O)c2OB1O. The van der Waals surface area contributed by atoms with Crippen LogP contribution < -0.4 is 15.3 Å². The molecule has 1 unspecified atom stereocenters. The molecule has 10 nitrogen and oxygen atoms in total. The highest BCUT2D eigenvalue weighted by atomic mass is 16.5. The number of rotatable bonds is 5. The maximum absolute atomic E-state index is 12.4. The Bertz CT molecular complexity index is 898. The Labute approximate surface area is 161 Å². The first-order valence-corrected chi connectivity index (χ1v) is 9.11. The molecule has 2 aliphatic heterocycles. The minimum atomic E-state index is -1.34. The summed E-state index contributed by atoms with van der Waals surface area (Å²) in [6, 6.07) is 4.73. The number of amides is 1. The van der Waals surface area contributed by atoms with Crippen LogP contribution in [-0.2, 0) is 17.8 Å². The highest BCUT2D eigenvalue weighted by Gasteiger charge is 2.37. The van der Waals surface area contributed by atoms with Gasteiger partial charge in [-0.1, -0.05) is 17.3 Å². The van der Waals surface area contributed by atoms with Crippen LogP contribution in [0, 0.1) is 0 Å². The normalized spacial score (nSPS) is 21.1. The second-order valence-corrected chi connectivity index (χ2v) is 7.02. The van der Waals surface area contributed by atoms with Gasteiger partial charge >= 0.3 is 13.1 Å². The third-order valence-corrected chi connectivity index (χ3v) is 5.04. The average Bonchev–Trinajstić information content (AvgIpc) is 3.33. The van der Waals surface area contributed by atoms with Gasteiger partial charge in [0, 0.05) is 18.7 Å². The number of benzene rings is 1.